The maximum Gasteiger partial charge on any atom is 0.142 e. The van der Waals surface area contributed by atoms with Crippen LogP contribution in [0, 0.1) is 17.2 Å². The van der Waals surface area contributed by atoms with Crippen molar-refractivity contribution in [3.63, 3.8) is 0 Å². The molecule has 0 bridgehead atoms. The standard InChI is InChI=1S/C13H17N3/c1-10-5-2-3-7-12(10)16-13-8-4-6-11(9-14)15-13/h4,6,8,10,12H,2-3,5,7H2,1H3,(H,15,16). The van der Waals surface area contributed by atoms with E-state index in [2.05, 4.69) is 23.3 Å². The quantitative estimate of drug-likeness (QED) is 0.825. The van der Waals surface area contributed by atoms with Gasteiger partial charge in [0.25, 0.3) is 0 Å². The highest BCUT2D eigenvalue weighted by Gasteiger charge is 2.21. The summed E-state index contributed by atoms with van der Waals surface area (Å²) < 4.78 is 0. The van der Waals surface area contributed by atoms with Crippen molar-refractivity contribution in [1.29, 1.82) is 5.26 Å². The second-order valence-electron chi connectivity index (χ2n) is 4.53. The summed E-state index contributed by atoms with van der Waals surface area (Å²) in [5, 5.41) is 12.2. The van der Waals surface area contributed by atoms with E-state index in [1.54, 1.807) is 6.07 Å². The molecule has 1 saturated carbocycles. The first kappa shape index (κ1) is 10.9. The summed E-state index contributed by atoms with van der Waals surface area (Å²) in [5.41, 5.74) is 0.480. The van der Waals surface area contributed by atoms with Crippen LogP contribution in [0.15, 0.2) is 18.2 Å². The Morgan fingerprint density at radius 3 is 2.94 bits per heavy atom. The molecule has 0 spiro atoms. The normalized spacial score (nSPS) is 24.8. The van der Waals surface area contributed by atoms with Gasteiger partial charge in [0.1, 0.15) is 17.6 Å². The molecular formula is C13H17N3. The summed E-state index contributed by atoms with van der Waals surface area (Å²) in [7, 11) is 0. The zero-order valence-corrected chi connectivity index (χ0v) is 9.61. The largest absolute Gasteiger partial charge is 0.367 e. The van der Waals surface area contributed by atoms with Crippen molar-refractivity contribution in [3.05, 3.63) is 23.9 Å². The third-order valence-corrected chi connectivity index (χ3v) is 3.31. The lowest BCUT2D eigenvalue weighted by Crippen LogP contribution is -2.30. The molecule has 3 heteroatoms. The minimum absolute atomic E-state index is 0.480. The fourth-order valence-electron chi connectivity index (χ4n) is 2.30. The van der Waals surface area contributed by atoms with Crippen LogP contribution in [-0.2, 0) is 0 Å². The van der Waals surface area contributed by atoms with Crippen molar-refractivity contribution in [2.75, 3.05) is 5.32 Å². The molecule has 1 aliphatic rings. The Bertz CT molecular complexity index is 394. The number of nitrogens with one attached hydrogen (secondary N) is 1. The van der Waals surface area contributed by atoms with Gasteiger partial charge in [-0.3, -0.25) is 0 Å². The van der Waals surface area contributed by atoms with E-state index < -0.39 is 0 Å². The van der Waals surface area contributed by atoms with Crippen LogP contribution in [0.2, 0.25) is 0 Å². The van der Waals surface area contributed by atoms with Crippen LogP contribution < -0.4 is 5.32 Å². The molecule has 3 nitrogen and oxygen atoms in total. The monoisotopic (exact) mass is 215 g/mol. The number of rotatable bonds is 2. The Labute approximate surface area is 96.5 Å². The van der Waals surface area contributed by atoms with E-state index >= 15 is 0 Å². The van der Waals surface area contributed by atoms with E-state index in [0.29, 0.717) is 17.7 Å². The van der Waals surface area contributed by atoms with E-state index in [0.717, 1.165) is 5.82 Å². The second-order valence-corrected chi connectivity index (χ2v) is 4.53. The van der Waals surface area contributed by atoms with Gasteiger partial charge in [-0.15, -0.1) is 0 Å². The summed E-state index contributed by atoms with van der Waals surface area (Å²) in [6.45, 7) is 2.28. The third kappa shape index (κ3) is 2.52. The van der Waals surface area contributed by atoms with Gasteiger partial charge in [-0.1, -0.05) is 25.8 Å². The molecule has 0 aliphatic heterocycles. The zero-order valence-electron chi connectivity index (χ0n) is 9.61. The van der Waals surface area contributed by atoms with Crippen molar-refractivity contribution in [3.8, 4) is 6.07 Å². The van der Waals surface area contributed by atoms with Crippen LogP contribution in [0.5, 0.6) is 0 Å². The van der Waals surface area contributed by atoms with Gasteiger partial charge in [0.15, 0.2) is 0 Å². The molecule has 1 aromatic rings. The van der Waals surface area contributed by atoms with Crippen LogP contribution in [0.4, 0.5) is 5.82 Å². The minimum Gasteiger partial charge on any atom is -0.367 e. The van der Waals surface area contributed by atoms with Gasteiger partial charge in [-0.2, -0.15) is 5.26 Å². The van der Waals surface area contributed by atoms with Gasteiger partial charge in [-0.05, 0) is 30.9 Å². The fourth-order valence-corrected chi connectivity index (χ4v) is 2.30. The van der Waals surface area contributed by atoms with Crippen molar-refractivity contribution in [1.82, 2.24) is 4.98 Å². The second kappa shape index (κ2) is 4.98. The molecule has 1 aromatic heterocycles. The number of hydrogen-bond donors (Lipinski definition) is 1. The summed E-state index contributed by atoms with van der Waals surface area (Å²) in [5.74, 6) is 1.53. The molecule has 0 radical (unpaired) electrons. The topological polar surface area (TPSA) is 48.7 Å². The molecule has 2 unspecified atom stereocenters. The molecule has 0 aromatic carbocycles. The highest BCUT2D eigenvalue weighted by molar-refractivity contribution is 5.39. The fraction of sp³-hybridized carbons (Fsp3) is 0.538. The first-order valence-corrected chi connectivity index (χ1v) is 5.93. The number of aromatic nitrogens is 1. The average molecular weight is 215 g/mol. The molecule has 1 fully saturated rings. The van der Waals surface area contributed by atoms with Gasteiger partial charge in [0, 0.05) is 6.04 Å². The van der Waals surface area contributed by atoms with Crippen LogP contribution >= 0.6 is 0 Å². The SMILES string of the molecule is CC1CCCCC1Nc1cccc(C#N)n1. The minimum atomic E-state index is 0.480. The predicted octanol–water partition coefficient (Wildman–Crippen LogP) is 2.94. The molecule has 0 saturated heterocycles. The third-order valence-electron chi connectivity index (χ3n) is 3.31. The van der Waals surface area contributed by atoms with Crippen LogP contribution in [-0.4, -0.2) is 11.0 Å². The van der Waals surface area contributed by atoms with Crippen molar-refractivity contribution < 1.29 is 0 Å². The highest BCUT2D eigenvalue weighted by atomic mass is 15.0. The number of anilines is 1. The van der Waals surface area contributed by atoms with Crippen LogP contribution in [0.25, 0.3) is 0 Å². The first-order chi connectivity index (χ1) is 7.79. The van der Waals surface area contributed by atoms with Crippen molar-refractivity contribution in [2.45, 2.75) is 38.6 Å². The number of hydrogen-bond acceptors (Lipinski definition) is 3. The molecule has 16 heavy (non-hydrogen) atoms. The highest BCUT2D eigenvalue weighted by Crippen LogP contribution is 2.26. The van der Waals surface area contributed by atoms with Gasteiger partial charge in [0.2, 0.25) is 0 Å². The Morgan fingerprint density at radius 1 is 1.38 bits per heavy atom. The molecule has 1 aliphatic carbocycles. The van der Waals surface area contributed by atoms with Crippen molar-refractivity contribution >= 4 is 5.82 Å². The Morgan fingerprint density at radius 2 is 2.19 bits per heavy atom. The lowest BCUT2D eigenvalue weighted by molar-refractivity contribution is 0.349. The van der Waals surface area contributed by atoms with Crippen LogP contribution in [0.3, 0.4) is 0 Å². The lowest BCUT2D eigenvalue weighted by Gasteiger charge is -2.29. The molecule has 0 amide bonds. The molecular weight excluding hydrogens is 198 g/mol. The Kier molecular flexibility index (Phi) is 3.40. The lowest BCUT2D eigenvalue weighted by atomic mass is 9.86. The summed E-state index contributed by atoms with van der Waals surface area (Å²) >= 11 is 0. The van der Waals surface area contributed by atoms with Crippen LogP contribution in [0.1, 0.15) is 38.3 Å². The molecule has 1 N–H and O–H groups in total. The van der Waals surface area contributed by atoms with Gasteiger partial charge in [-0.25, -0.2) is 4.98 Å². The summed E-state index contributed by atoms with van der Waals surface area (Å²) in [6.07, 6.45) is 5.13. The number of nitriles is 1. The van der Waals surface area contributed by atoms with Crippen molar-refractivity contribution in [2.24, 2.45) is 5.92 Å². The average Bonchev–Trinajstić information content (AvgIpc) is 2.32. The maximum atomic E-state index is 8.78. The van der Waals surface area contributed by atoms with Gasteiger partial charge in [0.05, 0.1) is 0 Å². The number of pyridine rings is 1. The predicted molar refractivity (Wildman–Crippen MR) is 64.0 cm³/mol. The molecule has 2 rings (SSSR count). The first-order valence-electron chi connectivity index (χ1n) is 5.93. The summed E-state index contributed by atoms with van der Waals surface area (Å²) in [6, 6.07) is 8.11. The number of nitrogens with zero attached hydrogens (tertiary/aromatic N) is 2. The zero-order chi connectivity index (χ0) is 11.4. The van der Waals surface area contributed by atoms with E-state index in [-0.39, 0.29) is 0 Å². The van der Waals surface area contributed by atoms with E-state index in [1.165, 1.54) is 25.7 Å². The Hall–Kier alpha value is -1.56. The smallest absolute Gasteiger partial charge is 0.142 e. The molecule has 2 atom stereocenters. The summed E-state index contributed by atoms with van der Waals surface area (Å²) in [4.78, 5) is 4.25. The van der Waals surface area contributed by atoms with E-state index in [1.807, 2.05) is 12.1 Å². The van der Waals surface area contributed by atoms with Gasteiger partial charge >= 0.3 is 0 Å². The molecule has 1 heterocycles. The maximum absolute atomic E-state index is 8.78. The molecule has 84 valence electrons. The van der Waals surface area contributed by atoms with Gasteiger partial charge < -0.3 is 5.32 Å². The van der Waals surface area contributed by atoms with E-state index in [9.17, 15) is 0 Å². The Balaban J connectivity index is 2.05. The van der Waals surface area contributed by atoms with E-state index in [4.69, 9.17) is 5.26 Å².